The van der Waals surface area contributed by atoms with Crippen LogP contribution in [0.2, 0.25) is 0 Å². The molecule has 200 valence electrons. The molecule has 1 heterocycles. The Hall–Kier alpha value is -2.61. The number of rotatable bonds is 3. The topological polar surface area (TPSA) is 99.8 Å². The van der Waals surface area contributed by atoms with Crippen LogP contribution in [0, 0.1) is 11.8 Å². The number of amides is 3. The van der Waals surface area contributed by atoms with E-state index in [1.165, 1.54) is 4.90 Å². The van der Waals surface area contributed by atoms with Gasteiger partial charge >= 0.3 is 0 Å². The van der Waals surface area contributed by atoms with Crippen LogP contribution in [0.3, 0.4) is 0 Å². The summed E-state index contributed by atoms with van der Waals surface area (Å²) in [5.74, 6) is 0.700. The first-order valence-electron chi connectivity index (χ1n) is 13.4. The number of hydrogen-bond donors (Lipinski definition) is 3. The van der Waals surface area contributed by atoms with Crippen molar-refractivity contribution in [3.8, 4) is 5.75 Å². The van der Waals surface area contributed by atoms with E-state index in [1.807, 2.05) is 45.9 Å². The summed E-state index contributed by atoms with van der Waals surface area (Å²) < 4.78 is 6.27. The second-order valence-corrected chi connectivity index (χ2v) is 11.0. The lowest BCUT2D eigenvalue weighted by Crippen LogP contribution is -2.57. The lowest BCUT2D eigenvalue weighted by Gasteiger charge is -2.31. The molecule has 0 aromatic heterocycles. The van der Waals surface area contributed by atoms with E-state index >= 15 is 0 Å². The normalized spacial score (nSPS) is 29.5. The fraction of sp³-hybridized carbons (Fsp3) is 0.679. The van der Waals surface area contributed by atoms with E-state index in [4.69, 9.17) is 4.74 Å². The van der Waals surface area contributed by atoms with Crippen LogP contribution in [0.5, 0.6) is 5.75 Å². The second-order valence-electron chi connectivity index (χ2n) is 11.0. The minimum Gasteiger partial charge on any atom is -0.489 e. The number of hydrogen-bond acceptors (Lipinski definition) is 5. The molecule has 1 aliphatic heterocycles. The second kappa shape index (κ2) is 12.6. The molecule has 1 aliphatic carbocycles. The summed E-state index contributed by atoms with van der Waals surface area (Å²) in [6, 6.07) is 6.20. The maximum absolute atomic E-state index is 13.4. The quantitative estimate of drug-likeness (QED) is 0.593. The molecule has 0 spiro atoms. The first-order chi connectivity index (χ1) is 17.1. The summed E-state index contributed by atoms with van der Waals surface area (Å²) >= 11 is 0. The molecule has 8 heteroatoms. The van der Waals surface area contributed by atoms with Crippen LogP contribution in [0.25, 0.3) is 0 Å². The van der Waals surface area contributed by atoms with Gasteiger partial charge in [-0.25, -0.2) is 0 Å². The highest BCUT2D eigenvalue weighted by Gasteiger charge is 2.39. The molecule has 5 atom stereocenters. The van der Waals surface area contributed by atoms with Crippen molar-refractivity contribution in [2.75, 3.05) is 13.6 Å². The summed E-state index contributed by atoms with van der Waals surface area (Å²) in [6.45, 7) is 10.3. The molecule has 1 aromatic carbocycles. The van der Waals surface area contributed by atoms with Crippen LogP contribution in [0.4, 0.5) is 0 Å². The molecule has 0 radical (unpaired) electrons. The molecule has 0 saturated heterocycles. The standard InChI is InChI=1S/C28H44N4O4/c1-17(2)15-23-27(34)30-18(3)11-12-21-9-7-8-10-24(21)36-19(4)16-29-25(22-13-14-22)28(35)32(6)20(5)26(33)31-23/h7-10,17-20,22-23,25,29H,11-16H2,1-6H3,(H,30,34)(H,31,33). The molecule has 1 fully saturated rings. The van der Waals surface area contributed by atoms with E-state index in [0.29, 0.717) is 13.0 Å². The maximum Gasteiger partial charge on any atom is 0.243 e. The Bertz CT molecular complexity index is 917. The fourth-order valence-electron chi connectivity index (χ4n) is 4.63. The van der Waals surface area contributed by atoms with E-state index in [9.17, 15) is 14.4 Å². The molecule has 3 amide bonds. The number of benzene rings is 1. The highest BCUT2D eigenvalue weighted by molar-refractivity contribution is 5.93. The fourth-order valence-corrected chi connectivity index (χ4v) is 4.63. The lowest BCUT2D eigenvalue weighted by atomic mass is 10.0. The Morgan fingerprint density at radius 3 is 2.36 bits per heavy atom. The zero-order valence-corrected chi connectivity index (χ0v) is 22.7. The molecule has 3 rings (SSSR count). The molecule has 36 heavy (non-hydrogen) atoms. The highest BCUT2D eigenvalue weighted by atomic mass is 16.5. The molecule has 5 unspecified atom stereocenters. The molecule has 1 saturated carbocycles. The van der Waals surface area contributed by atoms with Gasteiger partial charge in [-0.1, -0.05) is 32.0 Å². The van der Waals surface area contributed by atoms with Crippen molar-refractivity contribution in [3.63, 3.8) is 0 Å². The third-order valence-electron chi connectivity index (χ3n) is 7.17. The van der Waals surface area contributed by atoms with E-state index in [0.717, 1.165) is 37.0 Å². The number of carbonyl (C=O) groups excluding carboxylic acids is 3. The molecule has 3 N–H and O–H groups in total. The van der Waals surface area contributed by atoms with E-state index in [-0.39, 0.29) is 47.7 Å². The average Bonchev–Trinajstić information content (AvgIpc) is 3.66. The first kappa shape index (κ1) is 28.0. The summed E-state index contributed by atoms with van der Waals surface area (Å²) in [4.78, 5) is 41.2. The molecule has 0 bridgehead atoms. The maximum atomic E-state index is 13.4. The van der Waals surface area contributed by atoms with Crippen molar-refractivity contribution in [2.24, 2.45) is 11.8 Å². The van der Waals surface area contributed by atoms with Crippen LogP contribution in [-0.4, -0.2) is 66.5 Å². The minimum atomic E-state index is -0.695. The molecule has 1 aromatic rings. The Balaban J connectivity index is 1.86. The molecule has 8 nitrogen and oxygen atoms in total. The molecular formula is C28H44N4O4. The molecular weight excluding hydrogens is 456 g/mol. The van der Waals surface area contributed by atoms with E-state index < -0.39 is 12.1 Å². The monoisotopic (exact) mass is 500 g/mol. The minimum absolute atomic E-state index is 0.0731. The Morgan fingerprint density at radius 2 is 1.69 bits per heavy atom. The Morgan fingerprint density at radius 1 is 1.00 bits per heavy atom. The number of ether oxygens (including phenoxy) is 1. The number of aryl methyl sites for hydroxylation is 1. The van der Waals surface area contributed by atoms with Gasteiger partial charge in [-0.2, -0.15) is 0 Å². The van der Waals surface area contributed by atoms with Crippen LogP contribution < -0.4 is 20.7 Å². The SMILES string of the molecule is CC(C)CC1NC(=O)C(C)N(C)C(=O)C(C2CC2)NCC(C)Oc2ccccc2CCC(C)NC1=O. The predicted octanol–water partition coefficient (Wildman–Crippen LogP) is 2.65. The highest BCUT2D eigenvalue weighted by Crippen LogP contribution is 2.33. The zero-order valence-electron chi connectivity index (χ0n) is 22.7. The predicted molar refractivity (Wildman–Crippen MR) is 141 cm³/mol. The van der Waals surface area contributed by atoms with Gasteiger partial charge in [-0.05, 0) is 76.3 Å². The van der Waals surface area contributed by atoms with E-state index in [1.54, 1.807) is 14.0 Å². The Labute approximate surface area is 215 Å². The molecule has 2 aliphatic rings. The number of nitrogens with zero attached hydrogens (tertiary/aromatic N) is 1. The van der Waals surface area contributed by atoms with Gasteiger partial charge in [0.15, 0.2) is 0 Å². The van der Waals surface area contributed by atoms with E-state index in [2.05, 4.69) is 22.0 Å². The largest absolute Gasteiger partial charge is 0.489 e. The first-order valence-corrected chi connectivity index (χ1v) is 13.4. The third kappa shape index (κ3) is 7.69. The van der Waals surface area contributed by atoms with Crippen LogP contribution >= 0.6 is 0 Å². The van der Waals surface area contributed by atoms with Crippen LogP contribution in [0.1, 0.15) is 65.9 Å². The van der Waals surface area contributed by atoms with Gasteiger partial charge in [0.05, 0.1) is 6.04 Å². The average molecular weight is 501 g/mol. The van der Waals surface area contributed by atoms with Gasteiger partial charge in [-0.3, -0.25) is 14.4 Å². The zero-order chi connectivity index (χ0) is 26.4. The summed E-state index contributed by atoms with van der Waals surface area (Å²) in [5.41, 5.74) is 1.09. The van der Waals surface area contributed by atoms with Crippen molar-refractivity contribution in [2.45, 2.75) is 97.0 Å². The summed E-state index contributed by atoms with van der Waals surface area (Å²) in [5, 5.41) is 9.42. The van der Waals surface area contributed by atoms with Crippen molar-refractivity contribution < 1.29 is 19.1 Å². The third-order valence-corrected chi connectivity index (χ3v) is 7.17. The summed E-state index contributed by atoms with van der Waals surface area (Å²) in [7, 11) is 1.66. The van der Waals surface area contributed by atoms with Gasteiger partial charge in [0.1, 0.15) is 23.9 Å². The van der Waals surface area contributed by atoms with Gasteiger partial charge in [0, 0.05) is 19.6 Å². The number of para-hydroxylation sites is 1. The van der Waals surface area contributed by atoms with Crippen molar-refractivity contribution in [1.82, 2.24) is 20.9 Å². The smallest absolute Gasteiger partial charge is 0.243 e. The van der Waals surface area contributed by atoms with Crippen molar-refractivity contribution in [1.29, 1.82) is 0 Å². The number of nitrogens with one attached hydrogen (secondary N) is 3. The number of likely N-dealkylation sites (N-methyl/N-ethyl adjacent to an activating group) is 1. The summed E-state index contributed by atoms with van der Waals surface area (Å²) in [6.07, 6.45) is 3.87. The lowest BCUT2D eigenvalue weighted by molar-refractivity contribution is -0.141. The van der Waals surface area contributed by atoms with Crippen molar-refractivity contribution >= 4 is 17.7 Å². The van der Waals surface area contributed by atoms with Crippen molar-refractivity contribution in [3.05, 3.63) is 29.8 Å². The van der Waals surface area contributed by atoms with Gasteiger partial charge < -0.3 is 25.6 Å². The van der Waals surface area contributed by atoms with Gasteiger partial charge in [-0.15, -0.1) is 0 Å². The van der Waals surface area contributed by atoms with Gasteiger partial charge in [0.25, 0.3) is 0 Å². The number of carbonyl (C=O) groups is 3. The number of fused-ring (bicyclic) bond motifs is 1. The van der Waals surface area contributed by atoms with Crippen LogP contribution in [0.15, 0.2) is 24.3 Å². The Kier molecular flexibility index (Phi) is 9.77. The van der Waals surface area contributed by atoms with Gasteiger partial charge in [0.2, 0.25) is 17.7 Å². The van der Waals surface area contributed by atoms with Crippen LogP contribution in [-0.2, 0) is 20.8 Å².